The fourth-order valence-corrected chi connectivity index (χ4v) is 6.52. The van der Waals surface area contributed by atoms with E-state index in [4.69, 9.17) is 27.9 Å². The molecule has 1 N–H and O–H groups in total. The monoisotopic (exact) mass is 578 g/mol. The van der Waals surface area contributed by atoms with Crippen LogP contribution in [0.3, 0.4) is 0 Å². The van der Waals surface area contributed by atoms with Crippen LogP contribution in [0.25, 0.3) is 10.9 Å². The van der Waals surface area contributed by atoms with Crippen LogP contribution in [-0.2, 0) is 4.79 Å². The average Bonchev–Trinajstić information content (AvgIpc) is 2.91. The number of halogens is 3. The molecular formula is C29H33Cl2FN2O3S. The quantitative estimate of drug-likeness (QED) is 0.173. The Balaban J connectivity index is 1.34. The lowest BCUT2D eigenvalue weighted by molar-refractivity contribution is -0.141. The van der Waals surface area contributed by atoms with E-state index in [0.717, 1.165) is 49.7 Å². The summed E-state index contributed by atoms with van der Waals surface area (Å²) in [5.41, 5.74) is 0.630. The SMILES string of the molecule is COc1ccc2ncc(Cl)c([C@H](F)CCC3(CC(=O)O)CCN(CCCSc4ccc(Cl)cc4)CC3)c2c1. The lowest BCUT2D eigenvalue weighted by atomic mass is 9.71. The lowest BCUT2D eigenvalue weighted by Gasteiger charge is -2.41. The summed E-state index contributed by atoms with van der Waals surface area (Å²) in [6, 6.07) is 13.2. The number of alkyl halides is 1. The molecule has 9 heteroatoms. The Morgan fingerprint density at radius 1 is 1.21 bits per heavy atom. The van der Waals surface area contributed by atoms with Gasteiger partial charge in [0.05, 0.1) is 24.1 Å². The van der Waals surface area contributed by atoms with Crippen LogP contribution in [0.2, 0.25) is 10.0 Å². The van der Waals surface area contributed by atoms with Gasteiger partial charge in [-0.2, -0.15) is 0 Å². The highest BCUT2D eigenvalue weighted by Crippen LogP contribution is 2.44. The van der Waals surface area contributed by atoms with Crippen molar-refractivity contribution in [2.75, 3.05) is 32.5 Å². The molecule has 1 saturated heterocycles. The number of nitrogens with zero attached hydrogens (tertiary/aromatic N) is 2. The molecule has 0 spiro atoms. The second-order valence-corrected chi connectivity index (χ2v) is 12.0. The number of ether oxygens (including phenoxy) is 1. The number of piperidine rings is 1. The van der Waals surface area contributed by atoms with Gasteiger partial charge < -0.3 is 14.7 Å². The zero-order chi connectivity index (χ0) is 27.1. The van der Waals surface area contributed by atoms with Gasteiger partial charge in [0.25, 0.3) is 0 Å². The van der Waals surface area contributed by atoms with Gasteiger partial charge in [-0.1, -0.05) is 23.2 Å². The van der Waals surface area contributed by atoms with Crippen LogP contribution in [0, 0.1) is 5.41 Å². The second-order valence-electron chi connectivity index (χ2n) is 9.98. The van der Waals surface area contributed by atoms with E-state index >= 15 is 4.39 Å². The van der Waals surface area contributed by atoms with Gasteiger partial charge in [-0.25, -0.2) is 4.39 Å². The van der Waals surface area contributed by atoms with Gasteiger partial charge >= 0.3 is 5.97 Å². The van der Waals surface area contributed by atoms with Gasteiger partial charge in [-0.3, -0.25) is 9.78 Å². The van der Waals surface area contributed by atoms with E-state index in [-0.39, 0.29) is 17.9 Å². The van der Waals surface area contributed by atoms with Crippen LogP contribution < -0.4 is 4.74 Å². The van der Waals surface area contributed by atoms with Crippen LogP contribution in [0.15, 0.2) is 53.6 Å². The maximum absolute atomic E-state index is 15.7. The third kappa shape index (κ3) is 7.53. The molecule has 1 aliphatic rings. The maximum Gasteiger partial charge on any atom is 0.303 e. The van der Waals surface area contributed by atoms with Crippen LogP contribution in [-0.4, -0.2) is 53.5 Å². The third-order valence-electron chi connectivity index (χ3n) is 7.45. The van der Waals surface area contributed by atoms with Crippen LogP contribution in [0.1, 0.15) is 50.3 Å². The van der Waals surface area contributed by atoms with E-state index in [9.17, 15) is 9.90 Å². The van der Waals surface area contributed by atoms with Crippen molar-refractivity contribution in [2.24, 2.45) is 5.41 Å². The third-order valence-corrected chi connectivity index (χ3v) is 9.10. The highest BCUT2D eigenvalue weighted by Gasteiger charge is 2.37. The Labute approximate surface area is 237 Å². The van der Waals surface area contributed by atoms with Crippen molar-refractivity contribution < 1.29 is 19.0 Å². The largest absolute Gasteiger partial charge is 0.497 e. The molecule has 0 amide bonds. The number of carboxylic acids is 1. The highest BCUT2D eigenvalue weighted by atomic mass is 35.5. The Morgan fingerprint density at radius 2 is 1.95 bits per heavy atom. The molecule has 1 aromatic heterocycles. The highest BCUT2D eigenvalue weighted by molar-refractivity contribution is 7.99. The van der Waals surface area contributed by atoms with Crippen molar-refractivity contribution >= 4 is 51.8 Å². The zero-order valence-electron chi connectivity index (χ0n) is 21.5. The molecule has 0 bridgehead atoms. The van der Waals surface area contributed by atoms with E-state index in [1.54, 1.807) is 25.3 Å². The number of methoxy groups -OCH3 is 1. The van der Waals surface area contributed by atoms with Crippen molar-refractivity contribution in [3.63, 3.8) is 0 Å². The number of carbonyl (C=O) groups is 1. The molecule has 0 unspecified atom stereocenters. The number of aliphatic carboxylic acids is 1. The normalized spacial score (nSPS) is 16.4. The maximum atomic E-state index is 15.7. The number of rotatable bonds is 12. The molecule has 1 fully saturated rings. The van der Waals surface area contributed by atoms with Crippen LogP contribution in [0.5, 0.6) is 5.75 Å². The van der Waals surface area contributed by atoms with Gasteiger partial charge in [0.2, 0.25) is 0 Å². The van der Waals surface area contributed by atoms with Crippen molar-refractivity contribution in [3.8, 4) is 5.75 Å². The minimum absolute atomic E-state index is 0.0542. The molecule has 0 aliphatic carbocycles. The Kier molecular flexibility index (Phi) is 10.2. The summed E-state index contributed by atoms with van der Waals surface area (Å²) in [7, 11) is 1.56. The van der Waals surface area contributed by atoms with E-state index in [1.165, 1.54) is 11.1 Å². The number of thioether (sulfide) groups is 1. The number of likely N-dealkylation sites (tertiary alicyclic amines) is 1. The standard InChI is InChI=1S/C29H33Cl2FN2O3S/c1-37-21-5-8-26-23(17-21)28(24(31)19-33-26)25(32)9-10-29(18-27(35)36)11-14-34(15-12-29)13-2-16-38-22-6-3-20(30)4-7-22/h3-8,17,19,25H,2,9-16,18H2,1H3,(H,35,36)/t25-/m1/s1. The first-order chi connectivity index (χ1) is 18.3. The number of hydrogen-bond donors (Lipinski definition) is 1. The molecule has 5 nitrogen and oxygen atoms in total. The number of hydrogen-bond acceptors (Lipinski definition) is 5. The van der Waals surface area contributed by atoms with Crippen LogP contribution in [0.4, 0.5) is 4.39 Å². The summed E-state index contributed by atoms with van der Waals surface area (Å²) in [4.78, 5) is 19.7. The first-order valence-electron chi connectivity index (χ1n) is 12.9. The van der Waals surface area contributed by atoms with Crippen molar-refractivity contribution in [1.29, 1.82) is 0 Å². The van der Waals surface area contributed by atoms with Gasteiger partial charge in [-0.05, 0) is 105 Å². The molecule has 2 heterocycles. The van der Waals surface area contributed by atoms with Crippen molar-refractivity contribution in [2.45, 2.75) is 49.6 Å². The zero-order valence-corrected chi connectivity index (χ0v) is 23.8. The van der Waals surface area contributed by atoms with Crippen LogP contribution >= 0.6 is 35.0 Å². The first kappa shape index (κ1) is 28.9. The molecule has 4 rings (SSSR count). The number of benzene rings is 2. The molecule has 38 heavy (non-hydrogen) atoms. The number of fused-ring (bicyclic) bond motifs is 1. The Morgan fingerprint density at radius 3 is 2.63 bits per heavy atom. The number of aromatic nitrogens is 1. The Bertz CT molecular complexity index is 1240. The molecule has 2 aromatic carbocycles. The Hall–Kier alpha value is -2.06. The minimum Gasteiger partial charge on any atom is -0.497 e. The van der Waals surface area contributed by atoms with Crippen molar-refractivity contribution in [1.82, 2.24) is 9.88 Å². The molecule has 0 radical (unpaired) electrons. The number of carboxylic acid groups (broad SMARTS) is 1. The summed E-state index contributed by atoms with van der Waals surface area (Å²) < 4.78 is 21.1. The molecule has 1 aliphatic heterocycles. The van der Waals surface area contributed by atoms with E-state index in [0.29, 0.717) is 28.6 Å². The second kappa shape index (κ2) is 13.3. The predicted molar refractivity (Wildman–Crippen MR) is 154 cm³/mol. The van der Waals surface area contributed by atoms with E-state index in [1.807, 2.05) is 36.0 Å². The predicted octanol–water partition coefficient (Wildman–Crippen LogP) is 8.08. The van der Waals surface area contributed by atoms with Crippen molar-refractivity contribution in [3.05, 3.63) is 64.3 Å². The smallest absolute Gasteiger partial charge is 0.303 e. The summed E-state index contributed by atoms with van der Waals surface area (Å²) in [5, 5.41) is 11.3. The summed E-state index contributed by atoms with van der Waals surface area (Å²) in [6.45, 7) is 2.62. The number of pyridine rings is 1. The van der Waals surface area contributed by atoms with Gasteiger partial charge in [0.15, 0.2) is 0 Å². The molecular weight excluding hydrogens is 546 g/mol. The molecule has 1 atom stereocenters. The average molecular weight is 580 g/mol. The summed E-state index contributed by atoms with van der Waals surface area (Å²) >= 11 is 14.2. The fraction of sp³-hybridized carbons (Fsp3) is 0.448. The first-order valence-corrected chi connectivity index (χ1v) is 14.6. The minimum atomic E-state index is -1.33. The van der Waals surface area contributed by atoms with Gasteiger partial charge in [0.1, 0.15) is 11.9 Å². The van der Waals surface area contributed by atoms with E-state index < -0.39 is 17.6 Å². The van der Waals surface area contributed by atoms with Gasteiger partial charge in [0, 0.05) is 27.1 Å². The fourth-order valence-electron chi connectivity index (χ4n) is 5.29. The summed E-state index contributed by atoms with van der Waals surface area (Å²) in [5.74, 6) is 0.787. The topological polar surface area (TPSA) is 62.7 Å². The molecule has 3 aromatic rings. The summed E-state index contributed by atoms with van der Waals surface area (Å²) in [6.07, 6.45) is 3.44. The molecule has 0 saturated carbocycles. The van der Waals surface area contributed by atoms with E-state index in [2.05, 4.69) is 9.88 Å². The molecule has 204 valence electrons. The van der Waals surface area contributed by atoms with Gasteiger partial charge in [-0.15, -0.1) is 11.8 Å². The lowest BCUT2D eigenvalue weighted by Crippen LogP contribution is -2.41.